The monoisotopic (exact) mass is 290 g/mol. The van der Waals surface area contributed by atoms with Crippen molar-refractivity contribution < 1.29 is 17.6 Å². The van der Waals surface area contributed by atoms with E-state index in [2.05, 4.69) is 5.43 Å². The number of hydrazine groups is 1. The van der Waals surface area contributed by atoms with Crippen LogP contribution in [0.25, 0.3) is 0 Å². The van der Waals surface area contributed by atoms with Gasteiger partial charge in [-0.05, 0) is 36.1 Å². The summed E-state index contributed by atoms with van der Waals surface area (Å²) in [5.74, 6) is 5.07. The quantitative estimate of drug-likeness (QED) is 0.501. The van der Waals surface area contributed by atoms with Crippen molar-refractivity contribution in [2.45, 2.75) is 44.3 Å². The topological polar surface area (TPSA) is 38.0 Å². The van der Waals surface area contributed by atoms with Crippen LogP contribution in [-0.2, 0) is 6.18 Å². The number of halogens is 4. The van der Waals surface area contributed by atoms with Crippen LogP contribution in [-0.4, -0.2) is 0 Å². The number of nitrogens with two attached hydrogens (primary N) is 1. The van der Waals surface area contributed by atoms with E-state index in [4.69, 9.17) is 5.84 Å². The molecule has 0 bridgehead atoms. The highest BCUT2D eigenvalue weighted by atomic mass is 19.4. The second-order valence-corrected chi connectivity index (χ2v) is 5.33. The molecule has 2 rings (SSSR count). The van der Waals surface area contributed by atoms with Crippen LogP contribution in [0.1, 0.15) is 49.3 Å². The maximum absolute atomic E-state index is 13.3. The van der Waals surface area contributed by atoms with Gasteiger partial charge in [0.1, 0.15) is 5.82 Å². The van der Waals surface area contributed by atoms with Gasteiger partial charge in [0.2, 0.25) is 0 Å². The summed E-state index contributed by atoms with van der Waals surface area (Å²) in [6.07, 6.45) is 0.176. The first-order valence-corrected chi connectivity index (χ1v) is 6.74. The molecule has 0 radical (unpaired) electrons. The number of benzene rings is 1. The van der Waals surface area contributed by atoms with Crippen LogP contribution in [0.4, 0.5) is 17.6 Å². The molecule has 1 aromatic carbocycles. The van der Waals surface area contributed by atoms with E-state index in [0.717, 1.165) is 43.9 Å². The molecule has 0 amide bonds. The molecule has 0 saturated heterocycles. The van der Waals surface area contributed by atoms with Gasteiger partial charge in [0, 0.05) is 6.04 Å². The number of rotatable bonds is 4. The summed E-state index contributed by atoms with van der Waals surface area (Å²) >= 11 is 0. The van der Waals surface area contributed by atoms with Crippen LogP contribution in [0, 0.1) is 11.7 Å². The lowest BCUT2D eigenvalue weighted by molar-refractivity contribution is -0.138. The molecule has 3 N–H and O–H groups in total. The zero-order valence-electron chi connectivity index (χ0n) is 11.0. The van der Waals surface area contributed by atoms with Gasteiger partial charge in [0.15, 0.2) is 0 Å². The normalized spacial score (nSPS) is 18.4. The Labute approximate surface area is 115 Å². The standard InChI is InChI=1S/C14H18F4N2/c15-10-5-6-12(14(16,17)18)11(8-10)13(20-19)7-9-3-1-2-4-9/h5-6,8-9,13,20H,1-4,7,19H2. The lowest BCUT2D eigenvalue weighted by atomic mass is 9.91. The third kappa shape index (κ3) is 3.49. The maximum atomic E-state index is 13.3. The molecule has 1 atom stereocenters. The van der Waals surface area contributed by atoms with E-state index in [1.165, 1.54) is 0 Å². The minimum absolute atomic E-state index is 0.105. The SMILES string of the molecule is NNC(CC1CCCC1)c1cc(F)ccc1C(F)(F)F. The molecular formula is C14H18F4N2. The second kappa shape index (κ2) is 6.10. The molecule has 1 saturated carbocycles. The van der Waals surface area contributed by atoms with Crippen molar-refractivity contribution in [2.24, 2.45) is 11.8 Å². The Hall–Kier alpha value is -1.14. The van der Waals surface area contributed by atoms with Crippen molar-refractivity contribution in [2.75, 3.05) is 0 Å². The summed E-state index contributed by atoms with van der Waals surface area (Å²) in [4.78, 5) is 0. The van der Waals surface area contributed by atoms with E-state index in [9.17, 15) is 17.6 Å². The zero-order valence-corrected chi connectivity index (χ0v) is 11.0. The van der Waals surface area contributed by atoms with E-state index >= 15 is 0 Å². The molecule has 1 aromatic rings. The fourth-order valence-electron chi connectivity index (χ4n) is 2.94. The number of hydrogen-bond donors (Lipinski definition) is 2. The lowest BCUT2D eigenvalue weighted by Crippen LogP contribution is -2.31. The molecule has 20 heavy (non-hydrogen) atoms. The summed E-state index contributed by atoms with van der Waals surface area (Å²) < 4.78 is 52.3. The van der Waals surface area contributed by atoms with Gasteiger partial charge in [-0.25, -0.2) is 4.39 Å². The predicted octanol–water partition coefficient (Wildman–Crippen LogP) is 3.93. The van der Waals surface area contributed by atoms with Gasteiger partial charge in [0.05, 0.1) is 5.56 Å². The van der Waals surface area contributed by atoms with Gasteiger partial charge in [-0.1, -0.05) is 25.7 Å². The first-order valence-electron chi connectivity index (χ1n) is 6.74. The number of nitrogens with one attached hydrogen (secondary N) is 1. The predicted molar refractivity (Wildman–Crippen MR) is 68.0 cm³/mol. The minimum atomic E-state index is -4.51. The Morgan fingerprint density at radius 3 is 2.45 bits per heavy atom. The van der Waals surface area contributed by atoms with E-state index in [1.54, 1.807) is 0 Å². The van der Waals surface area contributed by atoms with Crippen molar-refractivity contribution in [1.82, 2.24) is 5.43 Å². The van der Waals surface area contributed by atoms with Gasteiger partial charge in [-0.15, -0.1) is 0 Å². The minimum Gasteiger partial charge on any atom is -0.271 e. The molecule has 1 fully saturated rings. The second-order valence-electron chi connectivity index (χ2n) is 5.33. The van der Waals surface area contributed by atoms with Gasteiger partial charge in [-0.2, -0.15) is 13.2 Å². The summed E-state index contributed by atoms with van der Waals surface area (Å²) in [6.45, 7) is 0. The molecule has 0 aliphatic heterocycles. The van der Waals surface area contributed by atoms with E-state index in [-0.39, 0.29) is 5.56 Å². The molecule has 0 aromatic heterocycles. The van der Waals surface area contributed by atoms with E-state index in [0.29, 0.717) is 12.3 Å². The zero-order chi connectivity index (χ0) is 14.8. The summed E-state index contributed by atoms with van der Waals surface area (Å²) in [7, 11) is 0. The molecule has 0 heterocycles. The molecule has 1 aliphatic carbocycles. The Morgan fingerprint density at radius 1 is 1.25 bits per heavy atom. The largest absolute Gasteiger partial charge is 0.416 e. The van der Waals surface area contributed by atoms with Gasteiger partial charge >= 0.3 is 6.18 Å². The summed E-state index contributed by atoms with van der Waals surface area (Å²) in [5, 5.41) is 0. The first-order chi connectivity index (χ1) is 9.41. The van der Waals surface area contributed by atoms with Gasteiger partial charge in [0.25, 0.3) is 0 Å². The van der Waals surface area contributed by atoms with E-state index < -0.39 is 23.6 Å². The molecule has 6 heteroatoms. The molecule has 0 spiro atoms. The van der Waals surface area contributed by atoms with Crippen LogP contribution < -0.4 is 11.3 Å². The summed E-state index contributed by atoms with van der Waals surface area (Å²) in [6, 6.07) is 1.87. The highest BCUT2D eigenvalue weighted by molar-refractivity contribution is 5.33. The Bertz CT molecular complexity index is 453. The summed E-state index contributed by atoms with van der Waals surface area (Å²) in [5.41, 5.74) is 1.49. The van der Waals surface area contributed by atoms with Crippen LogP contribution in [0.15, 0.2) is 18.2 Å². The van der Waals surface area contributed by atoms with Gasteiger partial charge in [-0.3, -0.25) is 11.3 Å². The van der Waals surface area contributed by atoms with Crippen molar-refractivity contribution in [3.05, 3.63) is 35.1 Å². The fourth-order valence-corrected chi connectivity index (χ4v) is 2.94. The average Bonchev–Trinajstić information content (AvgIpc) is 2.87. The van der Waals surface area contributed by atoms with E-state index in [1.807, 2.05) is 0 Å². The molecule has 112 valence electrons. The molecule has 2 nitrogen and oxygen atoms in total. The maximum Gasteiger partial charge on any atom is 0.416 e. The van der Waals surface area contributed by atoms with Crippen molar-refractivity contribution >= 4 is 0 Å². The number of alkyl halides is 3. The fraction of sp³-hybridized carbons (Fsp3) is 0.571. The number of hydrogen-bond acceptors (Lipinski definition) is 2. The van der Waals surface area contributed by atoms with Crippen LogP contribution >= 0.6 is 0 Å². The van der Waals surface area contributed by atoms with Crippen LogP contribution in [0.3, 0.4) is 0 Å². The van der Waals surface area contributed by atoms with Crippen LogP contribution in [0.5, 0.6) is 0 Å². The highest BCUT2D eigenvalue weighted by Crippen LogP contribution is 2.38. The smallest absolute Gasteiger partial charge is 0.271 e. The van der Waals surface area contributed by atoms with Crippen molar-refractivity contribution in [3.8, 4) is 0 Å². The van der Waals surface area contributed by atoms with Crippen molar-refractivity contribution in [3.63, 3.8) is 0 Å². The third-order valence-electron chi connectivity index (χ3n) is 3.94. The highest BCUT2D eigenvalue weighted by Gasteiger charge is 2.36. The molecule has 1 unspecified atom stereocenters. The van der Waals surface area contributed by atoms with Crippen molar-refractivity contribution in [1.29, 1.82) is 0 Å². The lowest BCUT2D eigenvalue weighted by Gasteiger charge is -2.23. The first kappa shape index (κ1) is 15.3. The Balaban J connectivity index is 2.29. The third-order valence-corrected chi connectivity index (χ3v) is 3.94. The molecule has 1 aliphatic rings. The Kier molecular flexibility index (Phi) is 4.65. The van der Waals surface area contributed by atoms with Gasteiger partial charge < -0.3 is 0 Å². The Morgan fingerprint density at radius 2 is 1.90 bits per heavy atom. The molecular weight excluding hydrogens is 272 g/mol. The van der Waals surface area contributed by atoms with Crippen LogP contribution in [0.2, 0.25) is 0 Å². The average molecular weight is 290 g/mol.